The molecule has 1 N–H and O–H groups in total. The van der Waals surface area contributed by atoms with E-state index in [0.717, 1.165) is 40.6 Å². The second-order valence-corrected chi connectivity index (χ2v) is 5.40. The van der Waals surface area contributed by atoms with Gasteiger partial charge in [0.1, 0.15) is 22.8 Å². The zero-order valence-electron chi connectivity index (χ0n) is 10.2. The van der Waals surface area contributed by atoms with Crippen LogP contribution in [0, 0.1) is 0 Å². The monoisotopic (exact) mass is 272 g/mol. The maximum Gasteiger partial charge on any atom is 0.152 e. The molecule has 4 rings (SSSR count). The van der Waals surface area contributed by atoms with Gasteiger partial charge in [-0.15, -0.1) is 21.5 Å². The second kappa shape index (κ2) is 4.27. The molecule has 0 fully saturated rings. The first kappa shape index (κ1) is 10.9. The number of thiophene rings is 1. The van der Waals surface area contributed by atoms with Crippen LogP contribution in [0.15, 0.2) is 17.8 Å². The van der Waals surface area contributed by atoms with E-state index >= 15 is 0 Å². The number of anilines is 1. The Labute approximate surface area is 113 Å². The number of hydrogen-bond donors (Lipinski definition) is 1. The van der Waals surface area contributed by atoms with E-state index in [1.165, 1.54) is 6.42 Å². The molecule has 7 heteroatoms. The predicted molar refractivity (Wildman–Crippen MR) is 73.1 cm³/mol. The van der Waals surface area contributed by atoms with Crippen LogP contribution in [0.2, 0.25) is 0 Å². The van der Waals surface area contributed by atoms with Crippen molar-refractivity contribution in [3.05, 3.63) is 29.4 Å². The molecule has 19 heavy (non-hydrogen) atoms. The molecule has 0 atom stereocenters. The van der Waals surface area contributed by atoms with Gasteiger partial charge in [-0.25, -0.2) is 9.97 Å². The highest BCUT2D eigenvalue weighted by atomic mass is 32.1. The molecule has 0 radical (unpaired) electrons. The Morgan fingerprint density at radius 1 is 1.32 bits per heavy atom. The number of aromatic nitrogens is 5. The highest BCUT2D eigenvalue weighted by Crippen LogP contribution is 2.24. The van der Waals surface area contributed by atoms with Crippen molar-refractivity contribution in [2.75, 3.05) is 5.32 Å². The molecule has 4 heterocycles. The van der Waals surface area contributed by atoms with Crippen molar-refractivity contribution >= 4 is 27.4 Å². The van der Waals surface area contributed by atoms with Crippen LogP contribution in [0.4, 0.5) is 5.82 Å². The van der Waals surface area contributed by atoms with Gasteiger partial charge in [-0.2, -0.15) is 0 Å². The Kier molecular flexibility index (Phi) is 2.44. The van der Waals surface area contributed by atoms with Crippen molar-refractivity contribution in [1.29, 1.82) is 0 Å². The lowest BCUT2D eigenvalue weighted by atomic mass is 10.4. The minimum Gasteiger partial charge on any atom is -0.362 e. The third kappa shape index (κ3) is 1.77. The molecule has 0 amide bonds. The zero-order valence-corrected chi connectivity index (χ0v) is 11.0. The van der Waals surface area contributed by atoms with Crippen LogP contribution in [0.25, 0.3) is 10.2 Å². The lowest BCUT2D eigenvalue weighted by Gasteiger charge is -2.06. The number of rotatable bonds is 3. The standard InChI is InChI=1S/C12H12N6S/c1-2-9-16-17-10(18(9)4-1)6-13-11-8-3-5-19-12(8)15-7-14-11/h3,5,7H,1-2,4,6H2,(H,13,14,15). The van der Waals surface area contributed by atoms with Crippen LogP contribution in [0.3, 0.4) is 0 Å². The molecule has 6 nitrogen and oxygen atoms in total. The third-order valence-corrected chi connectivity index (χ3v) is 4.18. The Bertz CT molecular complexity index is 731. The van der Waals surface area contributed by atoms with Crippen molar-refractivity contribution in [3.8, 4) is 0 Å². The van der Waals surface area contributed by atoms with Crippen LogP contribution in [0.5, 0.6) is 0 Å². The van der Waals surface area contributed by atoms with Crippen LogP contribution in [0.1, 0.15) is 18.1 Å². The average molecular weight is 272 g/mol. The maximum atomic E-state index is 4.30. The SMILES string of the molecule is c1nc(NCc2nnc3n2CCC3)c2ccsc2n1. The number of aryl methyl sites for hydroxylation is 1. The van der Waals surface area contributed by atoms with E-state index in [4.69, 9.17) is 0 Å². The molecule has 3 aromatic heterocycles. The van der Waals surface area contributed by atoms with Gasteiger partial charge < -0.3 is 9.88 Å². The lowest BCUT2D eigenvalue weighted by Crippen LogP contribution is -2.08. The first-order chi connectivity index (χ1) is 9.42. The first-order valence-electron chi connectivity index (χ1n) is 6.25. The van der Waals surface area contributed by atoms with E-state index < -0.39 is 0 Å². The molecule has 0 bridgehead atoms. The van der Waals surface area contributed by atoms with E-state index in [1.807, 2.05) is 11.4 Å². The van der Waals surface area contributed by atoms with Crippen LogP contribution >= 0.6 is 11.3 Å². The molecule has 0 saturated carbocycles. The summed E-state index contributed by atoms with van der Waals surface area (Å²) in [7, 11) is 0. The zero-order chi connectivity index (χ0) is 12.7. The van der Waals surface area contributed by atoms with Gasteiger partial charge in [0, 0.05) is 13.0 Å². The molecular weight excluding hydrogens is 260 g/mol. The van der Waals surface area contributed by atoms with Gasteiger partial charge in [-0.05, 0) is 17.9 Å². The highest BCUT2D eigenvalue weighted by Gasteiger charge is 2.17. The van der Waals surface area contributed by atoms with Gasteiger partial charge in [-0.1, -0.05) is 0 Å². The Balaban J connectivity index is 1.60. The largest absolute Gasteiger partial charge is 0.362 e. The smallest absolute Gasteiger partial charge is 0.152 e. The number of hydrogen-bond acceptors (Lipinski definition) is 6. The summed E-state index contributed by atoms with van der Waals surface area (Å²) in [5, 5.41) is 14.9. The second-order valence-electron chi connectivity index (χ2n) is 4.50. The van der Waals surface area contributed by atoms with E-state index in [1.54, 1.807) is 17.7 Å². The fourth-order valence-corrected chi connectivity index (χ4v) is 3.17. The fourth-order valence-electron chi connectivity index (χ4n) is 2.44. The molecule has 3 aromatic rings. The summed E-state index contributed by atoms with van der Waals surface area (Å²) in [4.78, 5) is 9.54. The molecular formula is C12H12N6S. The summed E-state index contributed by atoms with van der Waals surface area (Å²) in [5.41, 5.74) is 0. The van der Waals surface area contributed by atoms with Gasteiger partial charge in [0.2, 0.25) is 0 Å². The number of nitrogens with one attached hydrogen (secondary N) is 1. The predicted octanol–water partition coefficient (Wildman–Crippen LogP) is 1.84. The average Bonchev–Trinajstić information content (AvgIpc) is 3.13. The van der Waals surface area contributed by atoms with Crippen LogP contribution in [-0.2, 0) is 19.5 Å². The molecule has 0 spiro atoms. The summed E-state index contributed by atoms with van der Waals surface area (Å²) >= 11 is 1.62. The van der Waals surface area contributed by atoms with Crippen molar-refractivity contribution in [3.63, 3.8) is 0 Å². The number of fused-ring (bicyclic) bond motifs is 2. The van der Waals surface area contributed by atoms with Crippen LogP contribution in [-0.4, -0.2) is 24.7 Å². The third-order valence-electron chi connectivity index (χ3n) is 3.36. The molecule has 0 saturated heterocycles. The fraction of sp³-hybridized carbons (Fsp3) is 0.333. The summed E-state index contributed by atoms with van der Waals surface area (Å²) in [5.74, 6) is 2.94. The minimum atomic E-state index is 0.648. The molecule has 1 aliphatic rings. The van der Waals surface area contributed by atoms with Gasteiger partial charge in [0.25, 0.3) is 0 Å². The van der Waals surface area contributed by atoms with E-state index in [9.17, 15) is 0 Å². The molecule has 96 valence electrons. The summed E-state index contributed by atoms with van der Waals surface area (Å²) in [6.07, 6.45) is 3.80. The molecule has 0 aliphatic carbocycles. The van der Waals surface area contributed by atoms with Gasteiger partial charge >= 0.3 is 0 Å². The maximum absolute atomic E-state index is 4.30. The van der Waals surface area contributed by atoms with Crippen LogP contribution < -0.4 is 5.32 Å². The quantitative estimate of drug-likeness (QED) is 0.788. The first-order valence-corrected chi connectivity index (χ1v) is 7.13. The topological polar surface area (TPSA) is 68.5 Å². The normalized spacial score (nSPS) is 13.9. The van der Waals surface area contributed by atoms with Gasteiger partial charge in [0.05, 0.1) is 11.9 Å². The van der Waals surface area contributed by atoms with E-state index in [-0.39, 0.29) is 0 Å². The van der Waals surface area contributed by atoms with E-state index in [0.29, 0.717) is 6.54 Å². The highest BCUT2D eigenvalue weighted by molar-refractivity contribution is 7.16. The summed E-state index contributed by atoms with van der Waals surface area (Å²) in [6, 6.07) is 2.04. The molecule has 1 aliphatic heterocycles. The summed E-state index contributed by atoms with van der Waals surface area (Å²) in [6.45, 7) is 1.67. The number of nitrogens with zero attached hydrogens (tertiary/aromatic N) is 5. The minimum absolute atomic E-state index is 0.648. The molecule has 0 unspecified atom stereocenters. The van der Waals surface area contributed by atoms with Crippen molar-refractivity contribution < 1.29 is 0 Å². The van der Waals surface area contributed by atoms with Crippen molar-refractivity contribution in [2.24, 2.45) is 0 Å². The summed E-state index contributed by atoms with van der Waals surface area (Å²) < 4.78 is 2.19. The van der Waals surface area contributed by atoms with Gasteiger partial charge in [0.15, 0.2) is 5.82 Å². The Hall–Kier alpha value is -2.02. The van der Waals surface area contributed by atoms with Crippen molar-refractivity contribution in [2.45, 2.75) is 25.9 Å². The Morgan fingerprint density at radius 2 is 2.32 bits per heavy atom. The van der Waals surface area contributed by atoms with Crippen molar-refractivity contribution in [1.82, 2.24) is 24.7 Å². The van der Waals surface area contributed by atoms with Gasteiger partial charge in [-0.3, -0.25) is 0 Å². The lowest BCUT2D eigenvalue weighted by molar-refractivity contribution is 0.695. The van der Waals surface area contributed by atoms with E-state index in [2.05, 4.69) is 30.0 Å². The molecule has 0 aromatic carbocycles. The Morgan fingerprint density at radius 3 is 3.32 bits per heavy atom.